The lowest BCUT2D eigenvalue weighted by Crippen LogP contribution is -2.06. The highest BCUT2D eigenvalue weighted by Gasteiger charge is 2.57. The lowest BCUT2D eigenvalue weighted by molar-refractivity contribution is 0.596. The van der Waals surface area contributed by atoms with Crippen molar-refractivity contribution < 1.29 is 0 Å². The molecule has 0 aliphatic heterocycles. The van der Waals surface area contributed by atoms with Gasteiger partial charge in [0.2, 0.25) is 0 Å². The number of thiazole rings is 1. The third-order valence-electron chi connectivity index (χ3n) is 2.68. The summed E-state index contributed by atoms with van der Waals surface area (Å²) in [4.78, 5) is 4.26. The normalized spacial score (nSPS) is 33.7. The van der Waals surface area contributed by atoms with Crippen LogP contribution in [0.25, 0.3) is 0 Å². The van der Waals surface area contributed by atoms with Crippen LogP contribution in [0.5, 0.6) is 0 Å². The smallest absolute Gasteiger partial charge is 0.0794 e. The van der Waals surface area contributed by atoms with Crippen LogP contribution in [0.3, 0.4) is 0 Å². The minimum Gasteiger partial charge on any atom is -0.327 e. The first-order valence-corrected chi connectivity index (χ1v) is 4.72. The van der Waals surface area contributed by atoms with Gasteiger partial charge in [0, 0.05) is 17.3 Å². The zero-order valence-corrected chi connectivity index (χ0v) is 7.56. The molecule has 2 unspecified atom stereocenters. The first kappa shape index (κ1) is 7.25. The van der Waals surface area contributed by atoms with E-state index < -0.39 is 0 Å². The second-order valence-corrected chi connectivity index (χ2v) is 4.46. The summed E-state index contributed by atoms with van der Waals surface area (Å²) in [6.45, 7) is 4.39. The highest BCUT2D eigenvalue weighted by atomic mass is 32.1. The minimum atomic E-state index is 0.272. The Balaban J connectivity index is 2.23. The van der Waals surface area contributed by atoms with Gasteiger partial charge in [-0.2, -0.15) is 0 Å². The van der Waals surface area contributed by atoms with Crippen LogP contribution >= 0.6 is 11.3 Å². The van der Waals surface area contributed by atoms with Crippen LogP contribution in [0, 0.1) is 5.41 Å². The number of aromatic nitrogens is 1. The Labute approximate surface area is 70.5 Å². The van der Waals surface area contributed by atoms with Gasteiger partial charge in [0.05, 0.1) is 11.2 Å². The molecule has 2 nitrogen and oxygen atoms in total. The molecule has 11 heavy (non-hydrogen) atoms. The number of hydrogen-bond acceptors (Lipinski definition) is 3. The second-order valence-electron chi connectivity index (χ2n) is 3.74. The van der Waals surface area contributed by atoms with E-state index in [1.54, 1.807) is 11.3 Å². The topological polar surface area (TPSA) is 38.9 Å². The van der Waals surface area contributed by atoms with Crippen LogP contribution in [0.4, 0.5) is 0 Å². The van der Waals surface area contributed by atoms with Crippen LogP contribution in [0.1, 0.15) is 25.5 Å². The average molecular weight is 168 g/mol. The first-order valence-electron chi connectivity index (χ1n) is 3.77. The van der Waals surface area contributed by atoms with E-state index in [9.17, 15) is 0 Å². The molecule has 1 aromatic heterocycles. The fraction of sp³-hybridized carbons (Fsp3) is 0.625. The number of hydrogen-bond donors (Lipinski definition) is 1. The highest BCUT2D eigenvalue weighted by Crippen LogP contribution is 2.56. The SMILES string of the molecule is CC1(C)C(N)C1c1cscn1. The Bertz CT molecular complexity index is 253. The van der Waals surface area contributed by atoms with Crippen molar-refractivity contribution in [3.8, 4) is 0 Å². The molecular weight excluding hydrogens is 156 g/mol. The molecule has 0 spiro atoms. The van der Waals surface area contributed by atoms with Gasteiger partial charge in [-0.25, -0.2) is 4.98 Å². The van der Waals surface area contributed by atoms with Crippen LogP contribution in [-0.2, 0) is 0 Å². The van der Waals surface area contributed by atoms with Gasteiger partial charge in [0.1, 0.15) is 0 Å². The predicted octanol–water partition coefficient (Wildman–Crippen LogP) is 1.59. The van der Waals surface area contributed by atoms with Crippen molar-refractivity contribution in [1.82, 2.24) is 4.98 Å². The van der Waals surface area contributed by atoms with Crippen molar-refractivity contribution in [2.24, 2.45) is 11.1 Å². The van der Waals surface area contributed by atoms with Crippen molar-refractivity contribution >= 4 is 11.3 Å². The second kappa shape index (κ2) is 2.05. The van der Waals surface area contributed by atoms with Crippen molar-refractivity contribution in [3.05, 3.63) is 16.6 Å². The molecule has 0 saturated heterocycles. The van der Waals surface area contributed by atoms with E-state index in [0.717, 1.165) is 0 Å². The van der Waals surface area contributed by atoms with E-state index in [1.165, 1.54) is 5.69 Å². The largest absolute Gasteiger partial charge is 0.327 e. The molecule has 2 atom stereocenters. The molecule has 0 aromatic carbocycles. The van der Waals surface area contributed by atoms with Crippen LogP contribution in [0.2, 0.25) is 0 Å². The fourth-order valence-corrected chi connectivity index (χ4v) is 2.21. The summed E-state index contributed by atoms with van der Waals surface area (Å²) in [5.41, 5.74) is 9.22. The van der Waals surface area contributed by atoms with Crippen molar-refractivity contribution in [1.29, 1.82) is 0 Å². The van der Waals surface area contributed by atoms with Gasteiger partial charge >= 0.3 is 0 Å². The van der Waals surface area contributed by atoms with E-state index in [0.29, 0.717) is 12.0 Å². The Morgan fingerprint density at radius 3 is 2.64 bits per heavy atom. The lowest BCUT2D eigenvalue weighted by Gasteiger charge is -1.96. The molecule has 1 fully saturated rings. The molecule has 1 saturated carbocycles. The molecule has 0 radical (unpaired) electrons. The van der Waals surface area contributed by atoms with E-state index in [-0.39, 0.29) is 5.41 Å². The fourth-order valence-electron chi connectivity index (χ4n) is 1.62. The number of nitrogens with zero attached hydrogens (tertiary/aromatic N) is 1. The standard InChI is InChI=1S/C8H12N2S/c1-8(2)6(7(8)9)5-3-11-4-10-5/h3-4,6-7H,9H2,1-2H3. The summed E-state index contributed by atoms with van der Waals surface area (Å²) in [6, 6.07) is 0.310. The molecule has 2 N–H and O–H groups in total. The summed E-state index contributed by atoms with van der Waals surface area (Å²) in [5, 5.41) is 2.10. The van der Waals surface area contributed by atoms with Gasteiger partial charge in [-0.1, -0.05) is 13.8 Å². The van der Waals surface area contributed by atoms with Gasteiger partial charge < -0.3 is 5.73 Å². The van der Waals surface area contributed by atoms with Crippen LogP contribution in [0.15, 0.2) is 10.9 Å². The average Bonchev–Trinajstić information content (AvgIpc) is 2.40. The van der Waals surface area contributed by atoms with Gasteiger partial charge in [-0.15, -0.1) is 11.3 Å². The van der Waals surface area contributed by atoms with Crippen molar-refractivity contribution in [2.45, 2.75) is 25.8 Å². The quantitative estimate of drug-likeness (QED) is 0.691. The molecule has 3 heteroatoms. The summed E-state index contributed by atoms with van der Waals surface area (Å²) in [5.74, 6) is 0.494. The van der Waals surface area contributed by atoms with Gasteiger partial charge in [0.15, 0.2) is 0 Å². The molecule has 0 amide bonds. The lowest BCUT2D eigenvalue weighted by atomic mass is 10.1. The van der Waals surface area contributed by atoms with E-state index in [4.69, 9.17) is 5.73 Å². The van der Waals surface area contributed by atoms with E-state index in [2.05, 4.69) is 24.2 Å². The summed E-state index contributed by atoms with van der Waals surface area (Å²) in [7, 11) is 0. The molecule has 1 aromatic rings. The predicted molar refractivity (Wildman–Crippen MR) is 46.6 cm³/mol. The van der Waals surface area contributed by atoms with Crippen LogP contribution in [-0.4, -0.2) is 11.0 Å². The maximum Gasteiger partial charge on any atom is 0.0794 e. The van der Waals surface area contributed by atoms with Gasteiger partial charge in [0.25, 0.3) is 0 Å². The molecule has 0 bridgehead atoms. The first-order chi connectivity index (χ1) is 5.14. The summed E-state index contributed by atoms with van der Waals surface area (Å²) in [6.07, 6.45) is 0. The zero-order chi connectivity index (χ0) is 8.06. The molecule has 60 valence electrons. The Kier molecular flexibility index (Phi) is 1.35. The Morgan fingerprint density at radius 1 is 1.64 bits per heavy atom. The number of rotatable bonds is 1. The highest BCUT2D eigenvalue weighted by molar-refractivity contribution is 7.07. The van der Waals surface area contributed by atoms with E-state index >= 15 is 0 Å². The number of nitrogens with two attached hydrogens (primary N) is 1. The summed E-state index contributed by atoms with van der Waals surface area (Å²) >= 11 is 1.64. The summed E-state index contributed by atoms with van der Waals surface area (Å²) < 4.78 is 0. The Morgan fingerprint density at radius 2 is 2.27 bits per heavy atom. The van der Waals surface area contributed by atoms with Crippen LogP contribution < -0.4 is 5.73 Å². The molecular formula is C8H12N2S. The maximum atomic E-state index is 5.90. The third kappa shape index (κ3) is 0.914. The molecule has 1 aliphatic carbocycles. The zero-order valence-electron chi connectivity index (χ0n) is 6.74. The van der Waals surface area contributed by atoms with Crippen molar-refractivity contribution in [3.63, 3.8) is 0 Å². The molecule has 1 aliphatic rings. The van der Waals surface area contributed by atoms with Gasteiger partial charge in [-0.3, -0.25) is 0 Å². The third-order valence-corrected chi connectivity index (χ3v) is 3.29. The maximum absolute atomic E-state index is 5.90. The van der Waals surface area contributed by atoms with Gasteiger partial charge in [-0.05, 0) is 5.41 Å². The van der Waals surface area contributed by atoms with Crippen molar-refractivity contribution in [2.75, 3.05) is 0 Å². The molecule has 1 heterocycles. The molecule has 2 rings (SSSR count). The monoisotopic (exact) mass is 168 g/mol. The van der Waals surface area contributed by atoms with E-state index in [1.807, 2.05) is 5.51 Å². The minimum absolute atomic E-state index is 0.272. The Hall–Kier alpha value is -0.410.